The maximum Gasteiger partial charge on any atom is 0.163 e. The average molecular weight is 313 g/mol. The van der Waals surface area contributed by atoms with Gasteiger partial charge >= 0.3 is 0 Å². The van der Waals surface area contributed by atoms with Gasteiger partial charge in [-0.3, -0.25) is 4.98 Å². The normalized spacial score (nSPS) is 12.4. The third kappa shape index (κ3) is 2.57. The molecule has 1 aromatic carbocycles. The summed E-state index contributed by atoms with van der Waals surface area (Å²) in [5.74, 6) is -1.70. The van der Waals surface area contributed by atoms with E-state index in [1.807, 2.05) is 6.07 Å². The first kappa shape index (κ1) is 13.1. The van der Waals surface area contributed by atoms with Crippen molar-refractivity contribution < 1.29 is 8.78 Å². The summed E-state index contributed by atoms with van der Waals surface area (Å²) in [6, 6.07) is 7.22. The SMILES string of the molecule is CNC(c1ccc(Br)cn1)c1cccc(F)c1F. The van der Waals surface area contributed by atoms with E-state index in [2.05, 4.69) is 26.2 Å². The maximum atomic E-state index is 13.8. The molecular weight excluding hydrogens is 302 g/mol. The molecule has 0 saturated heterocycles. The summed E-state index contributed by atoms with van der Waals surface area (Å²) in [4.78, 5) is 4.20. The van der Waals surface area contributed by atoms with Crippen molar-refractivity contribution in [2.45, 2.75) is 6.04 Å². The molecule has 0 fully saturated rings. The standard InChI is InChI=1S/C13H11BrF2N2/c1-17-13(11-6-5-8(14)7-18-11)9-3-2-4-10(15)12(9)16/h2-7,13,17H,1H3. The molecule has 0 amide bonds. The molecule has 94 valence electrons. The Hall–Kier alpha value is -1.33. The second-order valence-corrected chi connectivity index (χ2v) is 4.68. The van der Waals surface area contributed by atoms with Gasteiger partial charge in [-0.15, -0.1) is 0 Å². The number of benzene rings is 1. The molecule has 2 rings (SSSR count). The molecule has 0 spiro atoms. The van der Waals surface area contributed by atoms with Gasteiger partial charge in [0.25, 0.3) is 0 Å². The van der Waals surface area contributed by atoms with Crippen LogP contribution in [0.15, 0.2) is 41.0 Å². The van der Waals surface area contributed by atoms with Crippen molar-refractivity contribution in [3.63, 3.8) is 0 Å². The molecule has 0 bridgehead atoms. The van der Waals surface area contributed by atoms with Crippen molar-refractivity contribution in [1.29, 1.82) is 0 Å². The smallest absolute Gasteiger partial charge is 0.163 e. The predicted octanol–water partition coefficient (Wildman–Crippen LogP) is 3.43. The number of nitrogens with zero attached hydrogens (tertiary/aromatic N) is 1. The molecule has 0 aliphatic heterocycles. The predicted molar refractivity (Wildman–Crippen MR) is 69.2 cm³/mol. The largest absolute Gasteiger partial charge is 0.308 e. The lowest BCUT2D eigenvalue weighted by Crippen LogP contribution is -2.20. The van der Waals surface area contributed by atoms with Gasteiger partial charge < -0.3 is 5.32 Å². The minimum Gasteiger partial charge on any atom is -0.308 e. The Balaban J connectivity index is 2.45. The second kappa shape index (κ2) is 5.54. The Kier molecular flexibility index (Phi) is 4.04. The first-order valence-electron chi connectivity index (χ1n) is 5.36. The molecule has 1 N–H and O–H groups in total. The summed E-state index contributed by atoms with van der Waals surface area (Å²) >= 11 is 3.28. The highest BCUT2D eigenvalue weighted by molar-refractivity contribution is 9.10. The van der Waals surface area contributed by atoms with E-state index in [9.17, 15) is 8.78 Å². The Morgan fingerprint density at radius 1 is 1.22 bits per heavy atom. The lowest BCUT2D eigenvalue weighted by Gasteiger charge is -2.17. The third-order valence-corrected chi connectivity index (χ3v) is 3.10. The van der Waals surface area contributed by atoms with E-state index in [0.29, 0.717) is 5.69 Å². The molecule has 0 saturated carbocycles. The Morgan fingerprint density at radius 2 is 2.00 bits per heavy atom. The fourth-order valence-electron chi connectivity index (χ4n) is 1.76. The van der Waals surface area contributed by atoms with Gasteiger partial charge in [0.15, 0.2) is 11.6 Å². The van der Waals surface area contributed by atoms with E-state index in [4.69, 9.17) is 0 Å². The van der Waals surface area contributed by atoms with Gasteiger partial charge in [-0.1, -0.05) is 12.1 Å². The minimum atomic E-state index is -0.857. The summed E-state index contributed by atoms with van der Waals surface area (Å²) in [7, 11) is 1.68. The topological polar surface area (TPSA) is 24.9 Å². The summed E-state index contributed by atoms with van der Waals surface area (Å²) < 4.78 is 27.8. The van der Waals surface area contributed by atoms with Gasteiger partial charge in [-0.25, -0.2) is 8.78 Å². The van der Waals surface area contributed by atoms with Crippen molar-refractivity contribution in [2.75, 3.05) is 7.05 Å². The van der Waals surface area contributed by atoms with Crippen LogP contribution in [0.25, 0.3) is 0 Å². The fourth-order valence-corrected chi connectivity index (χ4v) is 2.00. The number of hydrogen-bond acceptors (Lipinski definition) is 2. The van der Waals surface area contributed by atoms with Gasteiger partial charge in [0.1, 0.15) is 0 Å². The molecule has 1 atom stereocenters. The summed E-state index contributed by atoms with van der Waals surface area (Å²) in [5, 5.41) is 2.94. The monoisotopic (exact) mass is 312 g/mol. The Morgan fingerprint density at radius 3 is 2.61 bits per heavy atom. The van der Waals surface area contributed by atoms with Crippen LogP contribution in [0.1, 0.15) is 17.3 Å². The number of pyridine rings is 1. The van der Waals surface area contributed by atoms with Crippen LogP contribution >= 0.6 is 15.9 Å². The highest BCUT2D eigenvalue weighted by atomic mass is 79.9. The van der Waals surface area contributed by atoms with Crippen LogP contribution in [0.3, 0.4) is 0 Å². The molecule has 2 aromatic rings. The van der Waals surface area contributed by atoms with Crippen molar-refractivity contribution in [2.24, 2.45) is 0 Å². The van der Waals surface area contributed by atoms with Gasteiger partial charge in [0.05, 0.1) is 11.7 Å². The van der Waals surface area contributed by atoms with E-state index in [1.165, 1.54) is 6.07 Å². The molecule has 0 radical (unpaired) electrons. The van der Waals surface area contributed by atoms with Crippen LogP contribution in [-0.2, 0) is 0 Å². The van der Waals surface area contributed by atoms with Crippen LogP contribution < -0.4 is 5.32 Å². The van der Waals surface area contributed by atoms with Gasteiger partial charge in [-0.2, -0.15) is 0 Å². The zero-order chi connectivity index (χ0) is 13.1. The van der Waals surface area contributed by atoms with Crippen LogP contribution in [0.5, 0.6) is 0 Å². The van der Waals surface area contributed by atoms with Crippen molar-refractivity contribution in [1.82, 2.24) is 10.3 Å². The molecule has 18 heavy (non-hydrogen) atoms. The molecule has 5 heteroatoms. The number of rotatable bonds is 3. The van der Waals surface area contributed by atoms with Crippen molar-refractivity contribution >= 4 is 15.9 Å². The number of hydrogen-bond donors (Lipinski definition) is 1. The zero-order valence-corrected chi connectivity index (χ0v) is 11.2. The van der Waals surface area contributed by atoms with Crippen LogP contribution in [0, 0.1) is 11.6 Å². The number of nitrogens with one attached hydrogen (secondary N) is 1. The highest BCUT2D eigenvalue weighted by Gasteiger charge is 2.19. The molecule has 1 heterocycles. The molecule has 2 nitrogen and oxygen atoms in total. The second-order valence-electron chi connectivity index (χ2n) is 3.77. The van der Waals surface area contributed by atoms with E-state index < -0.39 is 17.7 Å². The minimum absolute atomic E-state index is 0.243. The summed E-state index contributed by atoms with van der Waals surface area (Å²) in [5.41, 5.74) is 0.873. The van der Waals surface area contributed by atoms with E-state index in [0.717, 1.165) is 10.5 Å². The van der Waals surface area contributed by atoms with Crippen LogP contribution in [0.2, 0.25) is 0 Å². The van der Waals surface area contributed by atoms with E-state index >= 15 is 0 Å². The molecule has 1 unspecified atom stereocenters. The lowest BCUT2D eigenvalue weighted by molar-refractivity contribution is 0.485. The average Bonchev–Trinajstić information content (AvgIpc) is 2.37. The third-order valence-electron chi connectivity index (χ3n) is 2.63. The number of aromatic nitrogens is 1. The first-order valence-corrected chi connectivity index (χ1v) is 6.15. The molecule has 1 aromatic heterocycles. The summed E-state index contributed by atoms with van der Waals surface area (Å²) in [6.45, 7) is 0. The maximum absolute atomic E-state index is 13.8. The zero-order valence-electron chi connectivity index (χ0n) is 9.62. The van der Waals surface area contributed by atoms with Gasteiger partial charge in [0, 0.05) is 16.2 Å². The molecule has 0 aliphatic rings. The van der Waals surface area contributed by atoms with Crippen LogP contribution in [0.4, 0.5) is 8.78 Å². The quantitative estimate of drug-likeness (QED) is 0.939. The van der Waals surface area contributed by atoms with Crippen LogP contribution in [-0.4, -0.2) is 12.0 Å². The molecular formula is C13H11BrF2N2. The number of halogens is 3. The first-order chi connectivity index (χ1) is 8.63. The lowest BCUT2D eigenvalue weighted by atomic mass is 10.0. The van der Waals surface area contributed by atoms with Gasteiger partial charge in [-0.05, 0) is 41.2 Å². The van der Waals surface area contributed by atoms with Gasteiger partial charge in [0.2, 0.25) is 0 Å². The highest BCUT2D eigenvalue weighted by Crippen LogP contribution is 2.24. The van der Waals surface area contributed by atoms with E-state index in [1.54, 1.807) is 25.4 Å². The van der Waals surface area contributed by atoms with E-state index in [-0.39, 0.29) is 5.56 Å². The van der Waals surface area contributed by atoms with Crippen molar-refractivity contribution in [3.05, 3.63) is 63.9 Å². The fraction of sp³-hybridized carbons (Fsp3) is 0.154. The van der Waals surface area contributed by atoms with Crippen molar-refractivity contribution in [3.8, 4) is 0 Å². The molecule has 0 aliphatic carbocycles. The summed E-state index contributed by atoms with van der Waals surface area (Å²) in [6.07, 6.45) is 1.62. The Labute approximate surface area is 112 Å². The Bertz CT molecular complexity index is 543.